The fourth-order valence-corrected chi connectivity index (χ4v) is 1.33. The first-order valence-corrected chi connectivity index (χ1v) is 4.08. The van der Waals surface area contributed by atoms with Gasteiger partial charge in [0, 0.05) is 12.6 Å². The monoisotopic (exact) mass is 200 g/mol. The second kappa shape index (κ2) is 3.72. The van der Waals surface area contributed by atoms with Crippen LogP contribution >= 0.6 is 11.6 Å². The van der Waals surface area contributed by atoms with E-state index in [4.69, 9.17) is 17.3 Å². The van der Waals surface area contributed by atoms with Gasteiger partial charge in [-0.2, -0.15) is 0 Å². The van der Waals surface area contributed by atoms with Crippen LogP contribution in [0.1, 0.15) is 11.1 Å². The van der Waals surface area contributed by atoms with Gasteiger partial charge in [-0.15, -0.1) is 0 Å². The number of hydrogen-bond acceptors (Lipinski definition) is 3. The van der Waals surface area contributed by atoms with Gasteiger partial charge in [-0.3, -0.25) is 10.1 Å². The third-order valence-electron chi connectivity index (χ3n) is 1.89. The molecule has 13 heavy (non-hydrogen) atoms. The molecule has 0 unspecified atom stereocenters. The number of nitrogens with two attached hydrogens (primary N) is 1. The van der Waals surface area contributed by atoms with Gasteiger partial charge in [0.1, 0.15) is 5.02 Å². The van der Waals surface area contributed by atoms with Crippen LogP contribution in [-0.4, -0.2) is 4.92 Å². The molecule has 0 heterocycles. The third-order valence-corrected chi connectivity index (χ3v) is 2.37. The summed E-state index contributed by atoms with van der Waals surface area (Å²) in [6.45, 7) is 2.06. The Hall–Kier alpha value is -1.13. The Kier molecular flexibility index (Phi) is 2.85. The van der Waals surface area contributed by atoms with Gasteiger partial charge in [0.15, 0.2) is 0 Å². The topological polar surface area (TPSA) is 69.2 Å². The molecular weight excluding hydrogens is 192 g/mol. The fourth-order valence-electron chi connectivity index (χ4n) is 1.07. The quantitative estimate of drug-likeness (QED) is 0.587. The van der Waals surface area contributed by atoms with Crippen LogP contribution < -0.4 is 5.73 Å². The van der Waals surface area contributed by atoms with E-state index in [-0.39, 0.29) is 10.7 Å². The number of halogens is 1. The van der Waals surface area contributed by atoms with Crippen LogP contribution in [-0.2, 0) is 6.54 Å². The molecule has 1 rings (SSSR count). The number of benzene rings is 1. The van der Waals surface area contributed by atoms with E-state index in [1.165, 1.54) is 6.07 Å². The molecule has 0 saturated heterocycles. The molecule has 1 aromatic carbocycles. The molecule has 0 amide bonds. The van der Waals surface area contributed by atoms with Crippen molar-refractivity contribution in [1.82, 2.24) is 0 Å². The Morgan fingerprint density at radius 1 is 1.62 bits per heavy atom. The van der Waals surface area contributed by atoms with E-state index < -0.39 is 4.92 Å². The molecule has 1 aromatic rings. The van der Waals surface area contributed by atoms with Gasteiger partial charge in [0.25, 0.3) is 5.69 Å². The van der Waals surface area contributed by atoms with Crippen LogP contribution in [0.25, 0.3) is 0 Å². The Labute approximate surface area is 80.5 Å². The molecule has 70 valence electrons. The summed E-state index contributed by atoms with van der Waals surface area (Å²) in [5.74, 6) is 0. The minimum Gasteiger partial charge on any atom is -0.326 e. The lowest BCUT2D eigenvalue weighted by Gasteiger charge is -2.04. The van der Waals surface area contributed by atoms with Crippen LogP contribution in [0.2, 0.25) is 5.02 Å². The van der Waals surface area contributed by atoms with Crippen LogP contribution in [0.3, 0.4) is 0 Å². The lowest BCUT2D eigenvalue weighted by molar-refractivity contribution is -0.384. The molecule has 0 fully saturated rings. The molecule has 0 aliphatic heterocycles. The summed E-state index contributed by atoms with van der Waals surface area (Å²) < 4.78 is 0. The molecule has 0 radical (unpaired) electrons. The maximum absolute atomic E-state index is 10.5. The molecule has 0 spiro atoms. The van der Waals surface area contributed by atoms with Crippen LogP contribution in [0, 0.1) is 17.0 Å². The van der Waals surface area contributed by atoms with Crippen molar-refractivity contribution in [1.29, 1.82) is 0 Å². The van der Waals surface area contributed by atoms with Gasteiger partial charge in [0.2, 0.25) is 0 Å². The summed E-state index contributed by atoms with van der Waals surface area (Å²) in [7, 11) is 0. The van der Waals surface area contributed by atoms with E-state index in [2.05, 4.69) is 0 Å². The zero-order chi connectivity index (χ0) is 10.0. The first kappa shape index (κ1) is 9.95. The average molecular weight is 201 g/mol. The van der Waals surface area contributed by atoms with Gasteiger partial charge in [-0.25, -0.2) is 0 Å². The van der Waals surface area contributed by atoms with Crippen molar-refractivity contribution >= 4 is 17.3 Å². The van der Waals surface area contributed by atoms with Crippen molar-refractivity contribution in [2.45, 2.75) is 13.5 Å². The lowest BCUT2D eigenvalue weighted by atomic mass is 10.1. The highest BCUT2D eigenvalue weighted by atomic mass is 35.5. The first-order chi connectivity index (χ1) is 6.07. The smallest absolute Gasteiger partial charge is 0.288 e. The summed E-state index contributed by atoms with van der Waals surface area (Å²) in [4.78, 5) is 9.96. The highest BCUT2D eigenvalue weighted by molar-refractivity contribution is 6.33. The molecule has 2 N–H and O–H groups in total. The molecule has 5 heteroatoms. The minimum absolute atomic E-state index is 0.0728. The van der Waals surface area contributed by atoms with Gasteiger partial charge in [0.05, 0.1) is 4.92 Å². The van der Waals surface area contributed by atoms with Crippen molar-refractivity contribution < 1.29 is 4.92 Å². The van der Waals surface area contributed by atoms with E-state index in [1.54, 1.807) is 13.0 Å². The SMILES string of the molecule is Cc1c(CN)ccc([N+](=O)[O-])c1Cl. The molecule has 4 nitrogen and oxygen atoms in total. The number of nitrogens with zero attached hydrogens (tertiary/aromatic N) is 1. The highest BCUT2D eigenvalue weighted by Gasteiger charge is 2.15. The van der Waals surface area contributed by atoms with Crippen molar-refractivity contribution in [2.24, 2.45) is 5.73 Å². The van der Waals surface area contributed by atoms with Crippen molar-refractivity contribution in [2.75, 3.05) is 0 Å². The maximum atomic E-state index is 10.5. The Bertz CT molecular complexity index is 352. The van der Waals surface area contributed by atoms with Gasteiger partial charge < -0.3 is 5.73 Å². The number of hydrogen-bond donors (Lipinski definition) is 1. The van der Waals surface area contributed by atoms with Crippen molar-refractivity contribution in [3.05, 3.63) is 38.4 Å². The second-order valence-corrected chi connectivity index (χ2v) is 3.02. The number of nitro benzene ring substituents is 1. The Balaban J connectivity index is 3.31. The number of nitro groups is 1. The van der Waals surface area contributed by atoms with Crippen molar-refractivity contribution in [3.63, 3.8) is 0 Å². The zero-order valence-electron chi connectivity index (χ0n) is 7.08. The summed E-state index contributed by atoms with van der Waals surface area (Å²) >= 11 is 5.77. The van der Waals surface area contributed by atoms with E-state index in [1.807, 2.05) is 0 Å². The fraction of sp³-hybridized carbons (Fsp3) is 0.250. The van der Waals surface area contributed by atoms with E-state index >= 15 is 0 Å². The summed E-state index contributed by atoms with van der Waals surface area (Å²) in [5, 5.41) is 10.6. The van der Waals surface area contributed by atoms with E-state index in [0.717, 1.165) is 5.56 Å². The average Bonchev–Trinajstić information content (AvgIpc) is 2.09. The molecule has 0 aliphatic carbocycles. The summed E-state index contributed by atoms with van der Waals surface area (Å²) in [6, 6.07) is 3.00. The van der Waals surface area contributed by atoms with Crippen LogP contribution in [0.5, 0.6) is 0 Å². The third kappa shape index (κ3) is 1.79. The number of rotatable bonds is 2. The molecular formula is C8H9ClN2O2. The normalized spacial score (nSPS) is 10.1. The Morgan fingerprint density at radius 2 is 2.23 bits per heavy atom. The van der Waals surface area contributed by atoms with E-state index in [0.29, 0.717) is 12.1 Å². The lowest BCUT2D eigenvalue weighted by Crippen LogP contribution is -2.01. The molecule has 0 aromatic heterocycles. The zero-order valence-corrected chi connectivity index (χ0v) is 7.84. The molecule has 0 saturated carbocycles. The van der Waals surface area contributed by atoms with Gasteiger partial charge >= 0.3 is 0 Å². The van der Waals surface area contributed by atoms with Gasteiger partial charge in [-0.1, -0.05) is 17.7 Å². The summed E-state index contributed by atoms with van der Waals surface area (Å²) in [5.41, 5.74) is 6.85. The van der Waals surface area contributed by atoms with Crippen LogP contribution in [0.4, 0.5) is 5.69 Å². The largest absolute Gasteiger partial charge is 0.326 e. The summed E-state index contributed by atoms with van der Waals surface area (Å²) in [6.07, 6.45) is 0. The maximum Gasteiger partial charge on any atom is 0.288 e. The van der Waals surface area contributed by atoms with Crippen LogP contribution in [0.15, 0.2) is 12.1 Å². The predicted molar refractivity (Wildman–Crippen MR) is 50.7 cm³/mol. The second-order valence-electron chi connectivity index (χ2n) is 2.64. The minimum atomic E-state index is -0.504. The Morgan fingerprint density at radius 3 is 2.69 bits per heavy atom. The molecule has 0 aliphatic rings. The first-order valence-electron chi connectivity index (χ1n) is 3.70. The highest BCUT2D eigenvalue weighted by Crippen LogP contribution is 2.29. The standard InChI is InChI=1S/C8H9ClN2O2/c1-5-6(4-10)2-3-7(8(5)9)11(12)13/h2-3H,4,10H2,1H3. The van der Waals surface area contributed by atoms with Crippen molar-refractivity contribution in [3.8, 4) is 0 Å². The van der Waals surface area contributed by atoms with E-state index in [9.17, 15) is 10.1 Å². The van der Waals surface area contributed by atoms with Gasteiger partial charge in [-0.05, 0) is 18.1 Å². The predicted octanol–water partition coefficient (Wildman–Crippen LogP) is 2.02. The molecule has 0 bridgehead atoms. The molecule has 0 atom stereocenters.